The number of rotatable bonds is 5. The number of carbonyl (C=O) groups is 1. The van der Waals surface area contributed by atoms with E-state index in [0.29, 0.717) is 32.2 Å². The van der Waals surface area contributed by atoms with Crippen molar-refractivity contribution >= 4 is 11.6 Å². The first-order chi connectivity index (χ1) is 11.3. The van der Waals surface area contributed by atoms with Crippen LogP contribution >= 0.6 is 0 Å². The number of hydrogen-bond acceptors (Lipinski definition) is 4. The molecule has 0 spiro atoms. The van der Waals surface area contributed by atoms with E-state index in [1.54, 1.807) is 0 Å². The van der Waals surface area contributed by atoms with Gasteiger partial charge in [-0.2, -0.15) is 0 Å². The van der Waals surface area contributed by atoms with Gasteiger partial charge in [0.25, 0.3) is 0 Å². The molecule has 126 valence electrons. The number of nitrogens with one attached hydrogen (secondary N) is 2. The highest BCUT2D eigenvalue weighted by atomic mass is 16.6. The van der Waals surface area contributed by atoms with E-state index in [0.717, 1.165) is 30.0 Å². The van der Waals surface area contributed by atoms with Gasteiger partial charge < -0.3 is 20.1 Å². The van der Waals surface area contributed by atoms with Crippen LogP contribution in [-0.2, 0) is 4.79 Å². The van der Waals surface area contributed by atoms with E-state index < -0.39 is 0 Å². The fourth-order valence-corrected chi connectivity index (χ4v) is 3.20. The van der Waals surface area contributed by atoms with Crippen LogP contribution in [0.2, 0.25) is 0 Å². The number of carbonyl (C=O) groups excluding carboxylic acids is 1. The molecule has 0 aromatic heterocycles. The number of fused-ring (bicyclic) bond motifs is 1. The molecule has 1 saturated carbocycles. The van der Waals surface area contributed by atoms with Crippen LogP contribution in [0.1, 0.15) is 44.9 Å². The lowest BCUT2D eigenvalue weighted by Crippen LogP contribution is -2.35. The standard InChI is InChI=1S/C18H26N2O3/c21-18(20-14-5-3-1-2-4-6-14)9-10-19-15-7-8-16-17(13-15)23-12-11-22-16/h7-8,13-14,19H,1-6,9-12H2,(H,20,21). The molecule has 5 heteroatoms. The maximum atomic E-state index is 12.1. The SMILES string of the molecule is O=C(CCNc1ccc2c(c1)OCCO2)NC1CCCCCC1. The Bertz CT molecular complexity index is 525. The first-order valence-electron chi connectivity index (χ1n) is 8.74. The molecule has 3 rings (SSSR count). The van der Waals surface area contributed by atoms with Crippen LogP contribution < -0.4 is 20.1 Å². The predicted octanol–water partition coefficient (Wildman–Crippen LogP) is 3.10. The molecule has 1 aromatic rings. The molecule has 0 atom stereocenters. The van der Waals surface area contributed by atoms with Crippen LogP contribution in [-0.4, -0.2) is 31.7 Å². The third-order valence-corrected chi connectivity index (χ3v) is 4.44. The summed E-state index contributed by atoms with van der Waals surface area (Å²) < 4.78 is 11.1. The second-order valence-corrected chi connectivity index (χ2v) is 6.29. The number of benzene rings is 1. The quantitative estimate of drug-likeness (QED) is 0.819. The third-order valence-electron chi connectivity index (χ3n) is 4.44. The van der Waals surface area contributed by atoms with Crippen molar-refractivity contribution < 1.29 is 14.3 Å². The highest BCUT2D eigenvalue weighted by molar-refractivity contribution is 5.76. The summed E-state index contributed by atoms with van der Waals surface area (Å²) >= 11 is 0. The van der Waals surface area contributed by atoms with Crippen molar-refractivity contribution in [1.29, 1.82) is 0 Å². The molecular formula is C18H26N2O3. The zero-order valence-corrected chi connectivity index (χ0v) is 13.6. The molecule has 0 saturated heterocycles. The normalized spacial score (nSPS) is 18.1. The minimum Gasteiger partial charge on any atom is -0.486 e. The number of amides is 1. The molecule has 0 radical (unpaired) electrons. The van der Waals surface area contributed by atoms with Crippen molar-refractivity contribution in [2.45, 2.75) is 51.0 Å². The van der Waals surface area contributed by atoms with Gasteiger partial charge in [0.1, 0.15) is 13.2 Å². The van der Waals surface area contributed by atoms with Gasteiger partial charge in [0, 0.05) is 30.8 Å². The Hall–Kier alpha value is -1.91. The summed E-state index contributed by atoms with van der Waals surface area (Å²) in [4.78, 5) is 12.1. The highest BCUT2D eigenvalue weighted by Crippen LogP contribution is 2.32. The smallest absolute Gasteiger partial charge is 0.221 e. The summed E-state index contributed by atoms with van der Waals surface area (Å²) in [6.45, 7) is 1.81. The zero-order chi connectivity index (χ0) is 15.9. The van der Waals surface area contributed by atoms with Crippen LogP contribution in [0.3, 0.4) is 0 Å². The number of ether oxygens (including phenoxy) is 2. The van der Waals surface area contributed by atoms with Crippen molar-refractivity contribution in [1.82, 2.24) is 5.32 Å². The lowest BCUT2D eigenvalue weighted by molar-refractivity contribution is -0.121. The van der Waals surface area contributed by atoms with Gasteiger partial charge in [0.05, 0.1) is 0 Å². The Morgan fingerprint density at radius 3 is 2.57 bits per heavy atom. The van der Waals surface area contributed by atoms with Gasteiger partial charge >= 0.3 is 0 Å². The fourth-order valence-electron chi connectivity index (χ4n) is 3.20. The maximum absolute atomic E-state index is 12.1. The summed E-state index contributed by atoms with van der Waals surface area (Å²) in [6, 6.07) is 6.16. The Kier molecular flexibility index (Phi) is 5.61. The van der Waals surface area contributed by atoms with Gasteiger partial charge in [-0.3, -0.25) is 4.79 Å². The van der Waals surface area contributed by atoms with Crippen LogP contribution in [0.4, 0.5) is 5.69 Å². The maximum Gasteiger partial charge on any atom is 0.221 e. The van der Waals surface area contributed by atoms with Crippen LogP contribution in [0.15, 0.2) is 18.2 Å². The van der Waals surface area contributed by atoms with Gasteiger partial charge in [-0.25, -0.2) is 0 Å². The topological polar surface area (TPSA) is 59.6 Å². The van der Waals surface area contributed by atoms with Crippen molar-refractivity contribution in [3.8, 4) is 11.5 Å². The van der Waals surface area contributed by atoms with Crippen LogP contribution in [0, 0.1) is 0 Å². The molecule has 1 aliphatic heterocycles. The van der Waals surface area contributed by atoms with Gasteiger partial charge in [-0.15, -0.1) is 0 Å². The highest BCUT2D eigenvalue weighted by Gasteiger charge is 2.15. The molecular weight excluding hydrogens is 292 g/mol. The van der Waals surface area contributed by atoms with Crippen LogP contribution in [0.25, 0.3) is 0 Å². The Labute approximate surface area is 137 Å². The number of anilines is 1. The lowest BCUT2D eigenvalue weighted by Gasteiger charge is -2.19. The molecule has 1 fully saturated rings. The largest absolute Gasteiger partial charge is 0.486 e. The fraction of sp³-hybridized carbons (Fsp3) is 0.611. The van der Waals surface area contributed by atoms with Crippen molar-refractivity contribution in [3.63, 3.8) is 0 Å². The summed E-state index contributed by atoms with van der Waals surface area (Å²) in [5, 5.41) is 6.45. The average Bonchev–Trinajstić information content (AvgIpc) is 2.83. The molecule has 2 N–H and O–H groups in total. The van der Waals surface area contributed by atoms with Gasteiger partial charge in [-0.1, -0.05) is 25.7 Å². The lowest BCUT2D eigenvalue weighted by atomic mass is 10.1. The number of hydrogen-bond donors (Lipinski definition) is 2. The molecule has 1 amide bonds. The Balaban J connectivity index is 1.41. The van der Waals surface area contributed by atoms with Crippen LogP contribution in [0.5, 0.6) is 11.5 Å². The summed E-state index contributed by atoms with van der Waals surface area (Å²) in [5.74, 6) is 1.69. The van der Waals surface area contributed by atoms with Gasteiger partial charge in [0.15, 0.2) is 11.5 Å². The first-order valence-corrected chi connectivity index (χ1v) is 8.74. The predicted molar refractivity (Wildman–Crippen MR) is 90.2 cm³/mol. The zero-order valence-electron chi connectivity index (χ0n) is 13.6. The molecule has 0 bridgehead atoms. The Morgan fingerprint density at radius 2 is 1.78 bits per heavy atom. The van der Waals surface area contributed by atoms with Crippen molar-refractivity contribution in [2.75, 3.05) is 25.1 Å². The molecule has 1 aromatic carbocycles. The third kappa shape index (κ3) is 4.78. The van der Waals surface area contributed by atoms with Gasteiger partial charge in [-0.05, 0) is 25.0 Å². The first kappa shape index (κ1) is 16.0. The minimum absolute atomic E-state index is 0.141. The minimum atomic E-state index is 0.141. The molecule has 2 aliphatic rings. The molecule has 0 unspecified atom stereocenters. The molecule has 23 heavy (non-hydrogen) atoms. The van der Waals surface area contributed by atoms with E-state index >= 15 is 0 Å². The monoisotopic (exact) mass is 318 g/mol. The van der Waals surface area contributed by atoms with E-state index in [1.807, 2.05) is 18.2 Å². The molecule has 1 heterocycles. The second kappa shape index (κ2) is 8.09. The van der Waals surface area contributed by atoms with E-state index in [-0.39, 0.29) is 5.91 Å². The van der Waals surface area contributed by atoms with E-state index in [4.69, 9.17) is 9.47 Å². The van der Waals surface area contributed by atoms with Gasteiger partial charge in [0.2, 0.25) is 5.91 Å². The average molecular weight is 318 g/mol. The van der Waals surface area contributed by atoms with E-state index in [2.05, 4.69) is 10.6 Å². The van der Waals surface area contributed by atoms with Crippen molar-refractivity contribution in [3.05, 3.63) is 18.2 Å². The summed E-state index contributed by atoms with van der Waals surface area (Å²) in [5.41, 5.74) is 0.955. The second-order valence-electron chi connectivity index (χ2n) is 6.29. The molecule has 1 aliphatic carbocycles. The molecule has 5 nitrogen and oxygen atoms in total. The summed E-state index contributed by atoms with van der Waals surface area (Å²) in [6.07, 6.45) is 7.82. The summed E-state index contributed by atoms with van der Waals surface area (Å²) in [7, 11) is 0. The van der Waals surface area contributed by atoms with E-state index in [1.165, 1.54) is 25.7 Å². The van der Waals surface area contributed by atoms with Crippen molar-refractivity contribution in [2.24, 2.45) is 0 Å². The van der Waals surface area contributed by atoms with E-state index in [9.17, 15) is 4.79 Å². The Morgan fingerprint density at radius 1 is 1.04 bits per heavy atom.